The lowest BCUT2D eigenvalue weighted by Gasteiger charge is -2.15. The monoisotopic (exact) mass is 256 g/mol. The Morgan fingerprint density at radius 3 is 2.53 bits per heavy atom. The van der Waals surface area contributed by atoms with Gasteiger partial charge in [-0.3, -0.25) is 4.79 Å². The van der Waals surface area contributed by atoms with E-state index < -0.39 is 0 Å². The Kier molecular flexibility index (Phi) is 3.75. The van der Waals surface area contributed by atoms with Crippen LogP contribution in [-0.4, -0.2) is 22.8 Å². The molecular formula is C14H16N4O. The van der Waals surface area contributed by atoms with Crippen molar-refractivity contribution in [3.8, 4) is 0 Å². The van der Waals surface area contributed by atoms with Crippen LogP contribution < -0.4 is 11.1 Å². The van der Waals surface area contributed by atoms with Gasteiger partial charge >= 0.3 is 0 Å². The highest BCUT2D eigenvalue weighted by Gasteiger charge is 2.20. The molecule has 2 aromatic rings. The summed E-state index contributed by atoms with van der Waals surface area (Å²) < 4.78 is 0. The van der Waals surface area contributed by atoms with Crippen molar-refractivity contribution in [1.82, 2.24) is 9.97 Å². The van der Waals surface area contributed by atoms with Gasteiger partial charge in [0.1, 0.15) is 5.78 Å². The number of nitrogens with one attached hydrogen (secondary N) is 1. The fourth-order valence-electron chi connectivity index (χ4n) is 2.03. The molecule has 2 rings (SSSR count). The third-order valence-corrected chi connectivity index (χ3v) is 2.94. The fraction of sp³-hybridized carbons (Fsp3) is 0.214. The number of hydrogen-bond acceptors (Lipinski definition) is 5. The molecule has 0 amide bonds. The number of nitrogens with two attached hydrogens (primary N) is 1. The van der Waals surface area contributed by atoms with E-state index in [1.54, 1.807) is 19.3 Å². The molecule has 3 N–H and O–H groups in total. The molecule has 5 nitrogen and oxygen atoms in total. The predicted octanol–water partition coefficient (Wildman–Crippen LogP) is 1.82. The quantitative estimate of drug-likeness (QED) is 0.872. The number of hydrogen-bond donors (Lipinski definition) is 2. The second-order valence-corrected chi connectivity index (χ2v) is 4.29. The van der Waals surface area contributed by atoms with Crippen LogP contribution >= 0.6 is 0 Å². The van der Waals surface area contributed by atoms with Gasteiger partial charge in [-0.05, 0) is 24.6 Å². The number of nitrogen functional groups attached to an aromatic ring is 1. The van der Waals surface area contributed by atoms with E-state index in [4.69, 9.17) is 5.73 Å². The molecular weight excluding hydrogens is 240 g/mol. The molecule has 0 spiro atoms. The van der Waals surface area contributed by atoms with Gasteiger partial charge in [0.05, 0.1) is 5.92 Å². The zero-order chi connectivity index (χ0) is 13.8. The molecule has 0 radical (unpaired) electrons. The molecule has 0 aliphatic heterocycles. The Labute approximate surface area is 111 Å². The minimum Gasteiger partial charge on any atom is -0.388 e. The third-order valence-electron chi connectivity index (χ3n) is 2.94. The number of Topliss-reactive ketones (excluding diaryl/α,β-unsaturated/α-hetero) is 1. The van der Waals surface area contributed by atoms with Crippen LogP contribution in [0.3, 0.4) is 0 Å². The molecule has 0 saturated heterocycles. The predicted molar refractivity (Wildman–Crippen MR) is 75.0 cm³/mol. The van der Waals surface area contributed by atoms with Crippen molar-refractivity contribution in [2.75, 3.05) is 18.1 Å². The number of carbonyl (C=O) groups excluding carboxylic acids is 1. The van der Waals surface area contributed by atoms with Gasteiger partial charge in [-0.2, -0.15) is 0 Å². The smallest absolute Gasteiger partial charge is 0.219 e. The molecule has 0 aliphatic rings. The summed E-state index contributed by atoms with van der Waals surface area (Å²) in [6.45, 7) is 1.56. The molecule has 0 aliphatic carbocycles. The zero-order valence-corrected chi connectivity index (χ0v) is 10.9. The van der Waals surface area contributed by atoms with Crippen molar-refractivity contribution in [2.24, 2.45) is 0 Å². The summed E-state index contributed by atoms with van der Waals surface area (Å²) >= 11 is 0. The SMILES string of the molecule is CNc1cccc(C(C(C)=O)c2cnc(N)nc2)c1. The molecule has 0 fully saturated rings. The lowest BCUT2D eigenvalue weighted by atomic mass is 9.90. The van der Waals surface area contributed by atoms with Crippen LogP contribution in [0.2, 0.25) is 0 Å². The number of aromatic nitrogens is 2. The van der Waals surface area contributed by atoms with Gasteiger partial charge in [0.2, 0.25) is 5.95 Å². The number of rotatable bonds is 4. The molecule has 98 valence electrons. The van der Waals surface area contributed by atoms with E-state index in [-0.39, 0.29) is 17.6 Å². The van der Waals surface area contributed by atoms with Crippen molar-refractivity contribution < 1.29 is 4.79 Å². The van der Waals surface area contributed by atoms with Gasteiger partial charge < -0.3 is 11.1 Å². The van der Waals surface area contributed by atoms with Crippen molar-refractivity contribution in [3.63, 3.8) is 0 Å². The number of anilines is 2. The first kappa shape index (κ1) is 13.0. The molecule has 1 aromatic carbocycles. The first-order valence-electron chi connectivity index (χ1n) is 5.97. The number of nitrogens with zero attached hydrogens (tertiary/aromatic N) is 2. The van der Waals surface area contributed by atoms with Crippen LogP contribution in [0.1, 0.15) is 24.0 Å². The van der Waals surface area contributed by atoms with Crippen molar-refractivity contribution in [1.29, 1.82) is 0 Å². The maximum Gasteiger partial charge on any atom is 0.219 e. The molecule has 1 heterocycles. The van der Waals surface area contributed by atoms with Gasteiger partial charge in [-0.15, -0.1) is 0 Å². The molecule has 5 heteroatoms. The highest BCUT2D eigenvalue weighted by Crippen LogP contribution is 2.26. The number of benzene rings is 1. The minimum atomic E-state index is -0.367. The van der Waals surface area contributed by atoms with Gasteiger partial charge in [0, 0.05) is 30.7 Å². The van der Waals surface area contributed by atoms with Crippen LogP contribution in [0.5, 0.6) is 0 Å². The standard InChI is InChI=1S/C14H16N4O/c1-9(19)13(11-7-17-14(15)18-8-11)10-4-3-5-12(6-10)16-2/h3-8,13,16H,1-2H3,(H2,15,17,18). The lowest BCUT2D eigenvalue weighted by molar-refractivity contribution is -0.117. The molecule has 0 bridgehead atoms. The van der Waals surface area contributed by atoms with Crippen LogP contribution in [0, 0.1) is 0 Å². The van der Waals surface area contributed by atoms with Crippen LogP contribution in [0.4, 0.5) is 11.6 Å². The van der Waals surface area contributed by atoms with Gasteiger partial charge in [0.15, 0.2) is 0 Å². The number of ketones is 1. The normalized spacial score (nSPS) is 11.9. The second kappa shape index (κ2) is 5.48. The maximum atomic E-state index is 11.9. The highest BCUT2D eigenvalue weighted by molar-refractivity contribution is 5.87. The zero-order valence-electron chi connectivity index (χ0n) is 10.9. The van der Waals surface area contributed by atoms with E-state index in [2.05, 4.69) is 15.3 Å². The summed E-state index contributed by atoms with van der Waals surface area (Å²) in [6, 6.07) is 7.72. The topological polar surface area (TPSA) is 80.9 Å². The third kappa shape index (κ3) is 2.88. The Balaban J connectivity index is 2.45. The van der Waals surface area contributed by atoms with E-state index in [0.717, 1.165) is 16.8 Å². The van der Waals surface area contributed by atoms with E-state index in [1.807, 2.05) is 31.3 Å². The van der Waals surface area contributed by atoms with Crippen molar-refractivity contribution in [3.05, 3.63) is 47.8 Å². The largest absolute Gasteiger partial charge is 0.388 e. The average molecular weight is 256 g/mol. The minimum absolute atomic E-state index is 0.0432. The molecule has 0 saturated carbocycles. The summed E-state index contributed by atoms with van der Waals surface area (Å²) in [5.74, 6) is -0.120. The summed E-state index contributed by atoms with van der Waals surface area (Å²) in [7, 11) is 1.84. The van der Waals surface area contributed by atoms with Gasteiger partial charge in [0.25, 0.3) is 0 Å². The summed E-state index contributed by atoms with van der Waals surface area (Å²) in [5.41, 5.74) is 8.08. The van der Waals surface area contributed by atoms with E-state index in [9.17, 15) is 4.79 Å². The summed E-state index contributed by atoms with van der Waals surface area (Å²) in [4.78, 5) is 19.8. The Morgan fingerprint density at radius 2 is 1.95 bits per heavy atom. The van der Waals surface area contributed by atoms with E-state index in [1.165, 1.54) is 0 Å². The highest BCUT2D eigenvalue weighted by atomic mass is 16.1. The average Bonchev–Trinajstić information content (AvgIpc) is 2.41. The molecule has 19 heavy (non-hydrogen) atoms. The second-order valence-electron chi connectivity index (χ2n) is 4.29. The van der Waals surface area contributed by atoms with Crippen LogP contribution in [0.25, 0.3) is 0 Å². The van der Waals surface area contributed by atoms with Crippen LogP contribution in [-0.2, 0) is 4.79 Å². The summed E-state index contributed by atoms with van der Waals surface area (Å²) in [6.07, 6.45) is 3.20. The van der Waals surface area contributed by atoms with Gasteiger partial charge in [-0.25, -0.2) is 9.97 Å². The fourth-order valence-corrected chi connectivity index (χ4v) is 2.03. The molecule has 1 aromatic heterocycles. The number of carbonyl (C=O) groups is 1. The first-order valence-corrected chi connectivity index (χ1v) is 5.97. The van der Waals surface area contributed by atoms with E-state index >= 15 is 0 Å². The Morgan fingerprint density at radius 1 is 1.26 bits per heavy atom. The van der Waals surface area contributed by atoms with Crippen molar-refractivity contribution in [2.45, 2.75) is 12.8 Å². The Bertz CT molecular complexity index is 580. The molecule has 1 unspecified atom stereocenters. The maximum absolute atomic E-state index is 11.9. The van der Waals surface area contributed by atoms with Gasteiger partial charge in [-0.1, -0.05) is 12.1 Å². The van der Waals surface area contributed by atoms with Crippen LogP contribution in [0.15, 0.2) is 36.7 Å². The first-order chi connectivity index (χ1) is 9.11. The van der Waals surface area contributed by atoms with Crippen molar-refractivity contribution >= 4 is 17.4 Å². The molecule has 1 atom stereocenters. The van der Waals surface area contributed by atoms with E-state index in [0.29, 0.717) is 0 Å². The lowest BCUT2D eigenvalue weighted by Crippen LogP contribution is -2.12. The Hall–Kier alpha value is -2.43. The summed E-state index contributed by atoms with van der Waals surface area (Å²) in [5, 5.41) is 3.06.